The van der Waals surface area contributed by atoms with Gasteiger partial charge >= 0.3 is 24.1 Å². The van der Waals surface area contributed by atoms with Gasteiger partial charge in [0.05, 0.1) is 110 Å². The minimum Gasteiger partial charge on any atom is -0.479 e. The first kappa shape index (κ1) is 70.3. The summed E-state index contributed by atoms with van der Waals surface area (Å²) in [6.07, 6.45) is -3.64. The first-order valence-corrected chi connectivity index (χ1v) is 25.8. The minimum atomic E-state index is -1.83. The molecule has 0 aromatic carbocycles. The molecule has 0 saturated carbocycles. The number of aliphatic hydroxyl groups is 4. The van der Waals surface area contributed by atoms with Gasteiger partial charge < -0.3 is 121 Å². The molecule has 460 valence electrons. The van der Waals surface area contributed by atoms with Crippen LogP contribution >= 0.6 is 0 Å². The second-order valence-corrected chi connectivity index (χ2v) is 18.2. The third-order valence-corrected chi connectivity index (χ3v) is 11.9. The van der Waals surface area contributed by atoms with E-state index in [1.807, 2.05) is 0 Å². The van der Waals surface area contributed by atoms with E-state index < -0.39 is 121 Å². The zero-order valence-corrected chi connectivity index (χ0v) is 46.1. The highest BCUT2D eigenvalue weighted by Gasteiger charge is 2.47. The number of aliphatic imine (C=N–C) groups is 2. The monoisotopic (exact) mass is 1160 g/mol. The van der Waals surface area contributed by atoms with Gasteiger partial charge in [-0.3, -0.25) is 9.59 Å². The number of carboxylic acid groups (broad SMARTS) is 2. The van der Waals surface area contributed by atoms with Crippen molar-refractivity contribution in [3.8, 4) is 12.3 Å². The predicted octanol–water partition coefficient (Wildman–Crippen LogP) is -4.54. The van der Waals surface area contributed by atoms with Gasteiger partial charge in [0.25, 0.3) is 0 Å². The van der Waals surface area contributed by atoms with Gasteiger partial charge in [-0.1, -0.05) is 12.8 Å². The molecule has 0 aliphatic carbocycles. The van der Waals surface area contributed by atoms with Crippen LogP contribution in [0.25, 0.3) is 0 Å². The Balaban J connectivity index is 2.00. The van der Waals surface area contributed by atoms with E-state index in [9.17, 15) is 59.4 Å². The fourth-order valence-corrected chi connectivity index (χ4v) is 7.76. The van der Waals surface area contributed by atoms with Crippen LogP contribution in [0.4, 0.5) is 9.59 Å². The molecule has 0 fully saturated rings. The van der Waals surface area contributed by atoms with Gasteiger partial charge in [0, 0.05) is 53.1 Å². The van der Waals surface area contributed by atoms with Crippen molar-refractivity contribution in [1.82, 2.24) is 20.0 Å². The fourth-order valence-electron chi connectivity index (χ4n) is 7.76. The Morgan fingerprint density at radius 3 is 1.58 bits per heavy atom. The first-order chi connectivity index (χ1) is 38.6. The summed E-state index contributed by atoms with van der Waals surface area (Å²) < 4.78 is 55.3. The second-order valence-electron chi connectivity index (χ2n) is 18.2. The highest BCUT2D eigenvalue weighted by Crippen LogP contribution is 2.31. The number of terminal acetylenes is 1. The molecule has 0 bridgehead atoms. The fraction of sp³-hybridized carbons (Fsp3) is 0.714. The van der Waals surface area contributed by atoms with Gasteiger partial charge in [-0.25, -0.2) is 29.2 Å². The summed E-state index contributed by atoms with van der Waals surface area (Å²) in [5.41, 5.74) is 22.2. The summed E-state index contributed by atoms with van der Waals surface area (Å²) in [5, 5.41) is 63.0. The highest BCUT2D eigenvalue weighted by atomic mass is 16.6. The Morgan fingerprint density at radius 1 is 0.654 bits per heavy atom. The molecule has 0 aromatic heterocycles. The second kappa shape index (κ2) is 38.8. The lowest BCUT2D eigenvalue weighted by Gasteiger charge is -2.40. The molecule has 2 heterocycles. The summed E-state index contributed by atoms with van der Waals surface area (Å²) in [6.45, 7) is 3.68. The minimum absolute atomic E-state index is 0.00303. The topological polar surface area (TPSA) is 467 Å². The Labute approximate surface area is 469 Å². The number of hydrogen-bond acceptors (Lipinski definition) is 22. The quantitative estimate of drug-likeness (QED) is 0.0119. The number of ether oxygens (including phenoxy) is 10. The summed E-state index contributed by atoms with van der Waals surface area (Å²) in [7, 11) is 2.77. The number of hydrogen-bond donors (Lipinski definition) is 11. The molecule has 2 rings (SSSR count). The average Bonchev–Trinajstić information content (AvgIpc) is 3.54. The molecular formula is C49H82N10O22. The number of unbranched alkanes of at least 4 members (excludes halogenated alkanes) is 1. The number of nitrogens with two attached hydrogens (primary N) is 4. The maximum Gasteiger partial charge on any atom is 0.410 e. The van der Waals surface area contributed by atoms with Crippen LogP contribution in [-0.4, -0.2) is 281 Å². The van der Waals surface area contributed by atoms with E-state index in [2.05, 4.69) is 21.2 Å². The lowest BCUT2D eigenvalue weighted by Crippen LogP contribution is -2.61. The molecule has 15 N–H and O–H groups in total. The van der Waals surface area contributed by atoms with Gasteiger partial charge in [0.2, 0.25) is 23.3 Å². The van der Waals surface area contributed by atoms with Crippen molar-refractivity contribution in [1.29, 1.82) is 0 Å². The van der Waals surface area contributed by atoms with E-state index in [0.29, 0.717) is 39.3 Å². The molecule has 32 nitrogen and oxygen atoms in total. The molecule has 0 aromatic rings. The third kappa shape index (κ3) is 26.6. The Morgan fingerprint density at radius 2 is 1.09 bits per heavy atom. The van der Waals surface area contributed by atoms with Gasteiger partial charge in [0.1, 0.15) is 24.9 Å². The summed E-state index contributed by atoms with van der Waals surface area (Å²) in [5.74, 6) is -4.32. The number of carbonyl (C=O) groups excluding carboxylic acids is 4. The lowest BCUT2D eigenvalue weighted by molar-refractivity contribution is -0.148. The number of aliphatic carboxylic acids is 2. The molecule has 0 unspecified atom stereocenters. The van der Waals surface area contributed by atoms with E-state index in [4.69, 9.17) is 76.7 Å². The number of likely N-dealkylation sites (N-methyl/N-ethyl adjacent to an activating group) is 1. The number of amides is 4. The molecule has 10 atom stereocenters. The van der Waals surface area contributed by atoms with Crippen molar-refractivity contribution < 1.29 is 107 Å². The van der Waals surface area contributed by atoms with Crippen LogP contribution in [0.5, 0.6) is 0 Å². The molecular weight excluding hydrogens is 1080 g/mol. The Bertz CT molecular complexity index is 2120. The molecule has 0 spiro atoms. The first-order valence-electron chi connectivity index (χ1n) is 25.8. The zero-order valence-electron chi connectivity index (χ0n) is 46.1. The number of carboxylic acids is 2. The number of nitrogens with zero attached hydrogens (tertiary/aromatic N) is 5. The van der Waals surface area contributed by atoms with Crippen molar-refractivity contribution >= 4 is 47.9 Å². The maximum absolute atomic E-state index is 13.5. The Hall–Kier alpha value is -6.80. The van der Waals surface area contributed by atoms with E-state index >= 15 is 0 Å². The van der Waals surface area contributed by atoms with Crippen LogP contribution in [0.2, 0.25) is 0 Å². The van der Waals surface area contributed by atoms with E-state index in [-0.39, 0.29) is 97.3 Å². The number of guanidine groups is 2. The molecule has 0 saturated heterocycles. The normalized spacial score (nSPS) is 19.9. The summed E-state index contributed by atoms with van der Waals surface area (Å²) >= 11 is 0. The molecule has 4 amide bonds. The smallest absolute Gasteiger partial charge is 0.410 e. The SMILES string of the molecule is C#CCOCCOCCOCCOCCC(=O)N(CCCCN(C)C(=O)O[C@@H]([C@@H]1OC(C(=O)O)=C[C@H](N=C(N)N)[C@H]1NC(C)=O)[C@H](O)CO)CCOCCOCCN(C)C(=O)O[C@@H]([C@@H]1OC(C(=O)O)=C[C@H](N=C(N)N)[C@H]1C)[C@H](O)CO. The summed E-state index contributed by atoms with van der Waals surface area (Å²) in [6, 6.07) is -3.45. The number of aliphatic hydroxyl groups excluding tert-OH is 4. The Kier molecular flexibility index (Phi) is 33.7. The molecule has 81 heavy (non-hydrogen) atoms. The van der Waals surface area contributed by atoms with E-state index in [0.717, 1.165) is 22.8 Å². The van der Waals surface area contributed by atoms with Gasteiger partial charge in [-0.05, 0) is 25.0 Å². The van der Waals surface area contributed by atoms with Gasteiger partial charge in [-0.15, -0.1) is 6.42 Å². The molecule has 2 aliphatic rings. The van der Waals surface area contributed by atoms with Crippen molar-refractivity contribution in [2.24, 2.45) is 38.8 Å². The number of rotatable bonds is 40. The molecule has 0 radical (unpaired) electrons. The van der Waals surface area contributed by atoms with Crippen molar-refractivity contribution in [3.05, 3.63) is 23.7 Å². The van der Waals surface area contributed by atoms with Crippen LogP contribution in [-0.2, 0) is 66.5 Å². The standard InChI is InChI=1S/C49H82N10O22/c1-6-14-72-18-22-76-24-25-77-23-19-73-15-9-38(65)59(11-8-7-10-57(4)48(70)81-42(35(64)29-61)43-39(54-31(3)62)33(56-47(52)53)27-37(79-43)45(68)69)13-17-75-21-20-74-16-12-58(5)49(71)80-41(34(63)28-60)40-30(2)32(55-46(50)51)26-36(78-40)44(66)67/h1,26-27,30,32-35,39-43,60-61,63-64H,7-25,28-29H2,2-5H3,(H,54,62)(H,66,67)(H,68,69)(H4,50,51,55)(H4,52,53,56)/t30-,32+,33+,34-,35-,39-,40-,41-,42-,43-/m1/s1. The van der Waals surface area contributed by atoms with Crippen molar-refractivity contribution in [3.63, 3.8) is 0 Å². The number of nitrogens with one attached hydrogen (secondary N) is 1. The number of carbonyl (C=O) groups is 6. The van der Waals surface area contributed by atoms with Crippen LogP contribution in [0.3, 0.4) is 0 Å². The zero-order chi connectivity index (χ0) is 60.4. The highest BCUT2D eigenvalue weighted by molar-refractivity contribution is 5.86. The predicted molar refractivity (Wildman–Crippen MR) is 283 cm³/mol. The van der Waals surface area contributed by atoms with Crippen LogP contribution in [0, 0.1) is 18.3 Å². The average molecular weight is 1160 g/mol. The molecule has 32 heteroatoms. The van der Waals surface area contributed by atoms with Crippen LogP contribution in [0.15, 0.2) is 33.7 Å². The van der Waals surface area contributed by atoms with Crippen molar-refractivity contribution in [2.75, 3.05) is 133 Å². The van der Waals surface area contributed by atoms with Crippen molar-refractivity contribution in [2.45, 2.75) is 87.9 Å². The van der Waals surface area contributed by atoms with Crippen LogP contribution in [0.1, 0.15) is 33.1 Å². The molecule has 2 aliphatic heterocycles. The van der Waals surface area contributed by atoms with E-state index in [1.54, 1.807) is 11.8 Å². The maximum atomic E-state index is 13.5. The van der Waals surface area contributed by atoms with Gasteiger partial charge in [0.15, 0.2) is 30.2 Å². The van der Waals surface area contributed by atoms with Crippen LogP contribution < -0.4 is 28.3 Å². The van der Waals surface area contributed by atoms with Gasteiger partial charge in [-0.2, -0.15) is 0 Å². The largest absolute Gasteiger partial charge is 0.479 e. The van der Waals surface area contributed by atoms with E-state index in [1.165, 1.54) is 20.2 Å². The lowest BCUT2D eigenvalue weighted by atomic mass is 9.87. The summed E-state index contributed by atoms with van der Waals surface area (Å²) in [4.78, 5) is 87.9. The third-order valence-electron chi connectivity index (χ3n) is 11.9.